The van der Waals surface area contributed by atoms with Gasteiger partial charge in [0.25, 0.3) is 0 Å². The van der Waals surface area contributed by atoms with E-state index in [9.17, 15) is 0 Å². The molecule has 0 amide bonds. The molecule has 6 nitrogen and oxygen atoms in total. The molecule has 4 aromatic heterocycles. The zero-order valence-corrected chi connectivity index (χ0v) is 35.7. The molecule has 0 radical (unpaired) electrons. The minimum absolute atomic E-state index is 0.590. The minimum atomic E-state index is 0.590. The number of aromatic nitrogens is 6. The van der Waals surface area contributed by atoms with E-state index in [1.54, 1.807) is 0 Å². The Labute approximate surface area is 380 Å². The van der Waals surface area contributed by atoms with Gasteiger partial charge in [0, 0.05) is 54.7 Å². The molecule has 1 aliphatic carbocycles. The normalized spacial score (nSPS) is 12.4. The third kappa shape index (κ3) is 6.41. The summed E-state index contributed by atoms with van der Waals surface area (Å²) in [5.74, 6) is 1.78. The second kappa shape index (κ2) is 15.5. The molecule has 0 aliphatic heterocycles. The smallest absolute Gasteiger partial charge is 0.164 e. The Morgan fingerprint density at radius 3 is 1.03 bits per heavy atom. The van der Waals surface area contributed by atoms with Gasteiger partial charge in [0.15, 0.2) is 17.5 Å². The molecule has 0 N–H and O–H groups in total. The predicted molar refractivity (Wildman–Crippen MR) is 271 cm³/mol. The first-order valence-corrected chi connectivity index (χ1v) is 22.4. The number of allylic oxidation sites excluding steroid dienone is 1. The van der Waals surface area contributed by atoms with Crippen LogP contribution in [0.25, 0.3) is 128 Å². The lowest BCUT2D eigenvalue weighted by atomic mass is 9.89. The van der Waals surface area contributed by atoms with Crippen LogP contribution in [0.1, 0.15) is 17.7 Å². The Hall–Kier alpha value is -8.74. The fourth-order valence-corrected chi connectivity index (χ4v) is 9.92. The number of nitrogens with zero attached hydrogens (tertiary/aromatic N) is 6. The van der Waals surface area contributed by atoms with Crippen LogP contribution >= 0.6 is 0 Å². The molecule has 12 aromatic rings. The van der Waals surface area contributed by atoms with Crippen LogP contribution in [0.5, 0.6) is 0 Å². The third-order valence-corrected chi connectivity index (χ3v) is 12.9. The largest absolute Gasteiger partial charge is 0.248 e. The van der Waals surface area contributed by atoms with Gasteiger partial charge < -0.3 is 0 Å². The lowest BCUT2D eigenvalue weighted by Crippen LogP contribution is -2.03. The molecule has 0 fully saturated rings. The van der Waals surface area contributed by atoms with Crippen molar-refractivity contribution in [3.8, 4) is 67.5 Å². The molecule has 1 aliphatic rings. The number of hydrogen-bond acceptors (Lipinski definition) is 6. The first-order valence-electron chi connectivity index (χ1n) is 22.4. The lowest BCUT2D eigenvalue weighted by molar-refractivity contribution is 0.974. The van der Waals surface area contributed by atoms with E-state index >= 15 is 0 Å². The molecule has 6 heteroatoms. The number of rotatable bonds is 6. The van der Waals surface area contributed by atoms with Crippen LogP contribution in [0.3, 0.4) is 0 Å². The highest BCUT2D eigenvalue weighted by molar-refractivity contribution is 6.11. The van der Waals surface area contributed by atoms with Gasteiger partial charge >= 0.3 is 0 Å². The van der Waals surface area contributed by atoms with Crippen LogP contribution in [-0.2, 0) is 6.42 Å². The fourth-order valence-electron chi connectivity index (χ4n) is 9.92. The molecule has 0 saturated heterocycles. The monoisotopic (exact) mass is 842 g/mol. The molecule has 0 atom stereocenters. The minimum Gasteiger partial charge on any atom is -0.248 e. The van der Waals surface area contributed by atoms with Crippen molar-refractivity contribution in [1.82, 2.24) is 29.9 Å². The Kier molecular flexibility index (Phi) is 8.88. The van der Waals surface area contributed by atoms with Crippen LogP contribution in [0, 0.1) is 0 Å². The van der Waals surface area contributed by atoms with Gasteiger partial charge in [-0.3, -0.25) is 0 Å². The van der Waals surface area contributed by atoms with Gasteiger partial charge in [-0.2, -0.15) is 0 Å². The molecule has 0 bridgehead atoms. The highest BCUT2D eigenvalue weighted by Gasteiger charge is 2.21. The van der Waals surface area contributed by atoms with Crippen molar-refractivity contribution in [3.63, 3.8) is 0 Å². The SMILES string of the molecule is C1=Cc2nc3ccccc3c(-c3cccc(-c4nc(-c5cccc(-c6c7ccccc7nc7ccccc67)c5)nc(-c5cccc(-c6c7ccccc7nc7ccccc67)c5)n4)c3)c2CC1. The van der Waals surface area contributed by atoms with Crippen molar-refractivity contribution >= 4 is 60.6 Å². The second-order valence-corrected chi connectivity index (χ2v) is 16.9. The average molecular weight is 843 g/mol. The number of benzene rings is 8. The predicted octanol–water partition coefficient (Wildman–Crippen LogP) is 14.8. The molecular weight excluding hydrogens is 805 g/mol. The number of hydrogen-bond donors (Lipinski definition) is 0. The van der Waals surface area contributed by atoms with Crippen LogP contribution in [0.4, 0.5) is 0 Å². The lowest BCUT2D eigenvalue weighted by Gasteiger charge is -2.18. The standard InChI is InChI=1S/C60H38N6/c1-7-28-49-43(22-1)55(44-23-2-8-29-50(44)61-49)37-16-13-19-40(34-37)58-64-59(41-20-14-17-38(35-41)56-45-24-3-9-30-51(45)62-52-31-10-4-25-46(52)56)66-60(65-58)42-21-15-18-39(36-42)57-47-26-5-11-32-53(47)63-54-33-12-6-27-48(54)57/h1-5,7-26,28-36H,6,27H2. The van der Waals surface area contributed by atoms with Gasteiger partial charge in [-0.1, -0.05) is 152 Å². The summed E-state index contributed by atoms with van der Waals surface area (Å²) in [5, 5.41) is 5.52. The summed E-state index contributed by atoms with van der Waals surface area (Å²) in [4.78, 5) is 31.1. The highest BCUT2D eigenvalue weighted by Crippen LogP contribution is 2.41. The van der Waals surface area contributed by atoms with E-state index in [2.05, 4.69) is 182 Å². The quantitative estimate of drug-likeness (QED) is 0.155. The van der Waals surface area contributed by atoms with Crippen molar-refractivity contribution in [2.24, 2.45) is 0 Å². The van der Waals surface area contributed by atoms with Gasteiger partial charge in [-0.25, -0.2) is 29.9 Å². The third-order valence-electron chi connectivity index (χ3n) is 12.9. The van der Waals surface area contributed by atoms with Crippen molar-refractivity contribution in [2.75, 3.05) is 0 Å². The van der Waals surface area contributed by atoms with Gasteiger partial charge in [-0.15, -0.1) is 0 Å². The van der Waals surface area contributed by atoms with E-state index in [4.69, 9.17) is 29.9 Å². The molecule has 8 aromatic carbocycles. The molecule has 308 valence electrons. The van der Waals surface area contributed by atoms with E-state index in [0.717, 1.165) is 118 Å². The molecule has 66 heavy (non-hydrogen) atoms. The van der Waals surface area contributed by atoms with Crippen molar-refractivity contribution in [2.45, 2.75) is 12.8 Å². The fraction of sp³-hybridized carbons (Fsp3) is 0.0333. The Morgan fingerprint density at radius 1 is 0.288 bits per heavy atom. The summed E-state index contributed by atoms with van der Waals surface area (Å²) in [6, 6.07) is 67.8. The van der Waals surface area contributed by atoms with Gasteiger partial charge in [0.2, 0.25) is 0 Å². The van der Waals surface area contributed by atoms with E-state index < -0.39 is 0 Å². The van der Waals surface area contributed by atoms with Crippen molar-refractivity contribution in [3.05, 3.63) is 211 Å². The van der Waals surface area contributed by atoms with Gasteiger partial charge in [0.1, 0.15) is 0 Å². The summed E-state index contributed by atoms with van der Waals surface area (Å²) in [5.41, 5.74) is 16.5. The maximum Gasteiger partial charge on any atom is 0.164 e. The van der Waals surface area contributed by atoms with Gasteiger partial charge in [0.05, 0.1) is 33.3 Å². The number of fused-ring (bicyclic) bond motifs is 6. The van der Waals surface area contributed by atoms with E-state index in [-0.39, 0.29) is 0 Å². The van der Waals surface area contributed by atoms with Gasteiger partial charge in [-0.05, 0) is 95.3 Å². The molecule has 0 saturated carbocycles. The summed E-state index contributed by atoms with van der Waals surface area (Å²) in [7, 11) is 0. The Bertz CT molecular complexity index is 3680. The van der Waals surface area contributed by atoms with E-state index in [0.29, 0.717) is 17.5 Å². The molecule has 0 spiro atoms. The maximum atomic E-state index is 5.34. The summed E-state index contributed by atoms with van der Waals surface area (Å²) < 4.78 is 0. The number of para-hydroxylation sites is 5. The molecular formula is C60H38N6. The van der Waals surface area contributed by atoms with E-state index in [1.165, 1.54) is 11.1 Å². The molecule has 4 heterocycles. The summed E-state index contributed by atoms with van der Waals surface area (Å²) in [6.07, 6.45) is 6.30. The Morgan fingerprint density at radius 2 is 0.621 bits per heavy atom. The first kappa shape index (κ1) is 37.8. The topological polar surface area (TPSA) is 77.3 Å². The average Bonchev–Trinajstić information content (AvgIpc) is 3.38. The summed E-state index contributed by atoms with van der Waals surface area (Å²) >= 11 is 0. The van der Waals surface area contributed by atoms with Crippen LogP contribution in [0.2, 0.25) is 0 Å². The second-order valence-electron chi connectivity index (χ2n) is 16.9. The maximum absolute atomic E-state index is 5.34. The zero-order chi connectivity index (χ0) is 43.6. The van der Waals surface area contributed by atoms with Crippen LogP contribution in [0.15, 0.2) is 200 Å². The molecule has 13 rings (SSSR count). The highest BCUT2D eigenvalue weighted by atomic mass is 15.0. The van der Waals surface area contributed by atoms with E-state index in [1.807, 2.05) is 24.3 Å². The van der Waals surface area contributed by atoms with Crippen LogP contribution < -0.4 is 0 Å². The Balaban J connectivity index is 1.02. The first-order chi connectivity index (χ1) is 32.7. The van der Waals surface area contributed by atoms with Crippen molar-refractivity contribution in [1.29, 1.82) is 0 Å². The zero-order valence-electron chi connectivity index (χ0n) is 35.7. The molecule has 0 unspecified atom stereocenters. The number of pyridine rings is 3. The summed E-state index contributed by atoms with van der Waals surface area (Å²) in [6.45, 7) is 0. The van der Waals surface area contributed by atoms with Crippen LogP contribution in [-0.4, -0.2) is 29.9 Å². The van der Waals surface area contributed by atoms with Crippen molar-refractivity contribution < 1.29 is 0 Å².